The SMILES string of the molecule is O=C(Nc1ncc(F)s1)/C(=N/O[C@H]1CCOC1)c1ccc(S(=O)(=O)C2CC2)cc1. The second kappa shape index (κ2) is 8.17. The number of anilines is 1. The Kier molecular flexibility index (Phi) is 5.61. The third-order valence-electron chi connectivity index (χ3n) is 4.51. The average molecular weight is 439 g/mol. The Bertz CT molecular complexity index is 1030. The first-order valence-electron chi connectivity index (χ1n) is 9.02. The maximum absolute atomic E-state index is 13.2. The number of carbonyl (C=O) groups is 1. The van der Waals surface area contributed by atoms with Crippen LogP contribution in [0.5, 0.6) is 0 Å². The predicted molar refractivity (Wildman–Crippen MR) is 104 cm³/mol. The molecule has 8 nitrogen and oxygen atoms in total. The van der Waals surface area contributed by atoms with Crippen molar-refractivity contribution in [1.82, 2.24) is 4.98 Å². The fourth-order valence-electron chi connectivity index (χ4n) is 2.79. The van der Waals surface area contributed by atoms with E-state index in [1.165, 1.54) is 24.3 Å². The van der Waals surface area contributed by atoms with Crippen LogP contribution < -0.4 is 5.32 Å². The van der Waals surface area contributed by atoms with Crippen molar-refractivity contribution in [2.24, 2.45) is 5.16 Å². The predicted octanol–water partition coefficient (Wildman–Crippen LogP) is 2.37. The lowest BCUT2D eigenvalue weighted by molar-refractivity contribution is -0.110. The van der Waals surface area contributed by atoms with Gasteiger partial charge in [-0.05, 0) is 25.0 Å². The Morgan fingerprint density at radius 3 is 2.62 bits per heavy atom. The van der Waals surface area contributed by atoms with Gasteiger partial charge in [-0.25, -0.2) is 13.4 Å². The number of thiazole rings is 1. The zero-order valence-electron chi connectivity index (χ0n) is 15.2. The van der Waals surface area contributed by atoms with Gasteiger partial charge in [0.1, 0.15) is 0 Å². The summed E-state index contributed by atoms with van der Waals surface area (Å²) in [7, 11) is -3.34. The van der Waals surface area contributed by atoms with Crippen molar-refractivity contribution in [3.63, 3.8) is 0 Å². The highest BCUT2D eigenvalue weighted by Gasteiger charge is 2.36. The third-order valence-corrected chi connectivity index (χ3v) is 7.49. The highest BCUT2D eigenvalue weighted by Crippen LogP contribution is 2.33. The first kappa shape index (κ1) is 19.9. The molecule has 4 rings (SSSR count). The molecule has 2 aliphatic rings. The van der Waals surface area contributed by atoms with Crippen LogP contribution in [0.15, 0.2) is 40.5 Å². The van der Waals surface area contributed by atoms with E-state index in [1.807, 2.05) is 0 Å². The van der Waals surface area contributed by atoms with Crippen LogP contribution in [0.4, 0.5) is 9.52 Å². The molecule has 11 heteroatoms. The number of ether oxygens (including phenoxy) is 1. The first-order chi connectivity index (χ1) is 13.9. The van der Waals surface area contributed by atoms with Crippen molar-refractivity contribution in [1.29, 1.82) is 0 Å². The minimum Gasteiger partial charge on any atom is -0.389 e. The van der Waals surface area contributed by atoms with Crippen molar-refractivity contribution in [2.45, 2.75) is 35.5 Å². The summed E-state index contributed by atoms with van der Waals surface area (Å²) in [6, 6.07) is 5.91. The van der Waals surface area contributed by atoms with Crippen LogP contribution in [0.1, 0.15) is 24.8 Å². The summed E-state index contributed by atoms with van der Waals surface area (Å²) < 4.78 is 43.1. The highest BCUT2D eigenvalue weighted by atomic mass is 32.2. The molecule has 1 aliphatic carbocycles. The summed E-state index contributed by atoms with van der Waals surface area (Å²) in [6.07, 6.45) is 2.71. The van der Waals surface area contributed by atoms with Crippen LogP contribution in [0.25, 0.3) is 0 Å². The molecule has 1 aromatic heterocycles. The third kappa shape index (κ3) is 4.62. The molecule has 2 heterocycles. The van der Waals surface area contributed by atoms with Gasteiger partial charge < -0.3 is 9.57 Å². The van der Waals surface area contributed by atoms with E-state index < -0.39 is 20.9 Å². The minimum atomic E-state index is -3.34. The summed E-state index contributed by atoms with van der Waals surface area (Å²) >= 11 is 0.683. The van der Waals surface area contributed by atoms with Gasteiger partial charge in [-0.15, -0.1) is 0 Å². The Labute approximate surface area is 170 Å². The molecule has 154 valence electrons. The van der Waals surface area contributed by atoms with Crippen LogP contribution in [0.3, 0.4) is 0 Å². The zero-order chi connectivity index (χ0) is 20.4. The average Bonchev–Trinajstić information content (AvgIpc) is 3.31. The van der Waals surface area contributed by atoms with E-state index >= 15 is 0 Å². The fraction of sp³-hybridized carbons (Fsp3) is 0.389. The largest absolute Gasteiger partial charge is 0.389 e. The summed E-state index contributed by atoms with van der Waals surface area (Å²) in [5.41, 5.74) is 0.302. The standard InChI is InChI=1S/C18H18FN3O5S2/c19-15-9-20-18(28-15)21-17(23)16(22-27-12-7-8-26-10-12)11-1-3-13(4-2-11)29(24,25)14-5-6-14/h1-4,9,12,14H,5-8,10H2,(H,20,21,23)/b22-16+/t12-/m0/s1. The molecule has 0 spiro atoms. The molecule has 2 fully saturated rings. The molecule has 2 aromatic rings. The Morgan fingerprint density at radius 2 is 2.03 bits per heavy atom. The number of benzene rings is 1. The van der Waals surface area contributed by atoms with E-state index in [0.29, 0.717) is 49.4 Å². The summed E-state index contributed by atoms with van der Waals surface area (Å²) in [4.78, 5) is 22.1. The quantitative estimate of drug-likeness (QED) is 0.524. The van der Waals surface area contributed by atoms with Crippen LogP contribution in [0.2, 0.25) is 0 Å². The zero-order valence-corrected chi connectivity index (χ0v) is 16.8. The van der Waals surface area contributed by atoms with E-state index in [0.717, 1.165) is 6.20 Å². The van der Waals surface area contributed by atoms with E-state index in [4.69, 9.17) is 9.57 Å². The number of sulfone groups is 1. The summed E-state index contributed by atoms with van der Waals surface area (Å²) in [5, 5.41) is 5.68. The monoisotopic (exact) mass is 439 g/mol. The number of carbonyl (C=O) groups excluding carboxylic acids is 1. The number of hydrogen-bond donors (Lipinski definition) is 1. The highest BCUT2D eigenvalue weighted by molar-refractivity contribution is 7.92. The van der Waals surface area contributed by atoms with Crippen molar-refractivity contribution >= 4 is 37.9 Å². The van der Waals surface area contributed by atoms with Gasteiger partial charge in [-0.2, -0.15) is 4.39 Å². The van der Waals surface area contributed by atoms with Crippen LogP contribution >= 0.6 is 11.3 Å². The molecule has 1 atom stereocenters. The van der Waals surface area contributed by atoms with Gasteiger partial charge in [0.15, 0.2) is 31.9 Å². The van der Waals surface area contributed by atoms with Gasteiger partial charge in [-0.3, -0.25) is 10.1 Å². The second-order valence-corrected chi connectivity index (χ2v) is 9.93. The molecule has 0 radical (unpaired) electrons. The minimum absolute atomic E-state index is 0.0668. The van der Waals surface area contributed by atoms with Crippen molar-refractivity contribution in [3.8, 4) is 0 Å². The maximum Gasteiger partial charge on any atom is 0.280 e. The van der Waals surface area contributed by atoms with E-state index in [9.17, 15) is 17.6 Å². The maximum atomic E-state index is 13.2. The van der Waals surface area contributed by atoms with Crippen molar-refractivity contribution < 1.29 is 27.2 Å². The number of halogens is 1. The number of rotatable bonds is 7. The second-order valence-electron chi connectivity index (χ2n) is 6.72. The number of aromatic nitrogens is 1. The smallest absolute Gasteiger partial charge is 0.280 e. The van der Waals surface area contributed by atoms with Crippen molar-refractivity contribution in [2.75, 3.05) is 18.5 Å². The number of nitrogens with one attached hydrogen (secondary N) is 1. The number of oxime groups is 1. The molecule has 29 heavy (non-hydrogen) atoms. The molecule has 1 amide bonds. The summed E-state index contributed by atoms with van der Waals surface area (Å²) in [6.45, 7) is 0.919. The van der Waals surface area contributed by atoms with Gasteiger partial charge in [0.05, 0.1) is 29.6 Å². The van der Waals surface area contributed by atoms with E-state index in [-0.39, 0.29) is 27.1 Å². The lowest BCUT2D eigenvalue weighted by Crippen LogP contribution is -2.25. The molecule has 0 bridgehead atoms. The van der Waals surface area contributed by atoms with E-state index in [2.05, 4.69) is 15.5 Å². The lowest BCUT2D eigenvalue weighted by atomic mass is 10.1. The summed E-state index contributed by atoms with van der Waals surface area (Å²) in [5.74, 6) is -0.643. The van der Waals surface area contributed by atoms with Gasteiger partial charge in [-0.1, -0.05) is 28.6 Å². The van der Waals surface area contributed by atoms with Crippen LogP contribution in [0, 0.1) is 5.13 Å². The number of hydrogen-bond acceptors (Lipinski definition) is 8. The molecule has 1 N–H and O–H groups in total. The Hall–Kier alpha value is -2.37. The molecule has 1 saturated heterocycles. The molecular weight excluding hydrogens is 421 g/mol. The lowest BCUT2D eigenvalue weighted by Gasteiger charge is -2.10. The van der Waals surface area contributed by atoms with Gasteiger partial charge >= 0.3 is 0 Å². The Morgan fingerprint density at radius 1 is 1.28 bits per heavy atom. The normalized spacial score (nSPS) is 19.9. The van der Waals surface area contributed by atoms with Crippen molar-refractivity contribution in [3.05, 3.63) is 41.2 Å². The molecule has 1 saturated carbocycles. The van der Waals surface area contributed by atoms with Gasteiger partial charge in [0, 0.05) is 12.0 Å². The molecule has 0 unspecified atom stereocenters. The number of nitrogens with zero attached hydrogens (tertiary/aromatic N) is 2. The molecule has 1 aliphatic heterocycles. The molecule has 1 aromatic carbocycles. The van der Waals surface area contributed by atoms with Gasteiger partial charge in [0.25, 0.3) is 5.91 Å². The molecular formula is C18H18FN3O5S2. The van der Waals surface area contributed by atoms with Gasteiger partial charge in [0.2, 0.25) is 0 Å². The van der Waals surface area contributed by atoms with E-state index in [1.54, 1.807) is 0 Å². The van der Waals surface area contributed by atoms with Crippen LogP contribution in [-0.2, 0) is 24.2 Å². The number of amides is 1. The first-order valence-corrected chi connectivity index (χ1v) is 11.4. The Balaban J connectivity index is 1.58. The van der Waals surface area contributed by atoms with Crippen LogP contribution in [-0.4, -0.2) is 49.6 Å². The topological polar surface area (TPSA) is 107 Å². The fourth-order valence-corrected chi connectivity index (χ4v) is 4.99.